The summed E-state index contributed by atoms with van der Waals surface area (Å²) >= 11 is 6.03. The number of guanidine groups is 1. The summed E-state index contributed by atoms with van der Waals surface area (Å²) in [5.41, 5.74) is 2.05. The minimum atomic E-state index is 0. The summed E-state index contributed by atoms with van der Waals surface area (Å²) in [6.45, 7) is 5.28. The van der Waals surface area contributed by atoms with Crippen LogP contribution in [-0.4, -0.2) is 34.5 Å². The molecular weight excluding hydrogens is 503 g/mol. The molecule has 3 aromatic rings. The summed E-state index contributed by atoms with van der Waals surface area (Å²) in [5.74, 6) is 1.78. The van der Waals surface area contributed by atoms with Gasteiger partial charge >= 0.3 is 0 Å². The largest absolute Gasteiger partial charge is 0.359 e. The number of benzene rings is 1. The van der Waals surface area contributed by atoms with Crippen molar-refractivity contribution in [2.45, 2.75) is 32.4 Å². The Balaban J connectivity index is 0.00000300. The Labute approximate surface area is 192 Å². The van der Waals surface area contributed by atoms with E-state index in [-0.39, 0.29) is 30.0 Å². The lowest BCUT2D eigenvalue weighted by Crippen LogP contribution is -2.40. The predicted octanol–water partition coefficient (Wildman–Crippen LogP) is 4.22. The smallest absolute Gasteiger partial charge is 0.191 e. The highest BCUT2D eigenvalue weighted by Crippen LogP contribution is 2.19. The fourth-order valence-electron chi connectivity index (χ4n) is 2.78. The Hall–Kier alpha value is -2.07. The zero-order valence-electron chi connectivity index (χ0n) is 16.7. The standard InChI is InChI=1S/C20H25ClN6O.HI/c1-14(2)18-11-17(28-26-18)12-23-20(22-3)24-13-19(27-10-4-9-25-27)15-5-7-16(21)8-6-15;/h4-11,14,19H,12-13H2,1-3H3,(H2,22,23,24);1H. The minimum Gasteiger partial charge on any atom is -0.359 e. The first-order chi connectivity index (χ1) is 13.6. The molecule has 1 atom stereocenters. The average molecular weight is 529 g/mol. The highest BCUT2D eigenvalue weighted by Gasteiger charge is 2.15. The highest BCUT2D eigenvalue weighted by molar-refractivity contribution is 14.0. The lowest BCUT2D eigenvalue weighted by Gasteiger charge is -2.20. The number of aromatic nitrogens is 3. The van der Waals surface area contributed by atoms with Crippen molar-refractivity contribution in [2.24, 2.45) is 4.99 Å². The number of rotatable bonds is 7. The molecular formula is C20H26ClIN6O. The van der Waals surface area contributed by atoms with E-state index in [1.807, 2.05) is 47.3 Å². The molecule has 0 spiro atoms. The van der Waals surface area contributed by atoms with E-state index in [9.17, 15) is 0 Å². The Kier molecular flexibility index (Phi) is 8.97. The van der Waals surface area contributed by atoms with Gasteiger partial charge in [0.15, 0.2) is 11.7 Å². The second kappa shape index (κ2) is 11.2. The molecule has 0 amide bonds. The molecule has 9 heteroatoms. The number of hydrogen-bond donors (Lipinski definition) is 2. The molecule has 0 radical (unpaired) electrons. The third-order valence-electron chi connectivity index (χ3n) is 4.38. The van der Waals surface area contributed by atoms with Crippen molar-refractivity contribution in [2.75, 3.05) is 13.6 Å². The molecule has 1 unspecified atom stereocenters. The summed E-state index contributed by atoms with van der Waals surface area (Å²) in [6.07, 6.45) is 3.71. The van der Waals surface area contributed by atoms with Gasteiger partial charge in [0, 0.05) is 37.1 Å². The molecule has 0 bridgehead atoms. The predicted molar refractivity (Wildman–Crippen MR) is 126 cm³/mol. The van der Waals surface area contributed by atoms with Crippen LogP contribution in [0.4, 0.5) is 0 Å². The van der Waals surface area contributed by atoms with Gasteiger partial charge in [0.25, 0.3) is 0 Å². The van der Waals surface area contributed by atoms with Gasteiger partial charge in [0.1, 0.15) is 0 Å². The van der Waals surface area contributed by atoms with Crippen LogP contribution in [0.3, 0.4) is 0 Å². The molecule has 0 saturated heterocycles. The van der Waals surface area contributed by atoms with E-state index >= 15 is 0 Å². The monoisotopic (exact) mass is 528 g/mol. The van der Waals surface area contributed by atoms with Gasteiger partial charge in [-0.25, -0.2) is 0 Å². The first-order valence-electron chi connectivity index (χ1n) is 9.21. The fourth-order valence-corrected chi connectivity index (χ4v) is 2.91. The number of hydrogen-bond acceptors (Lipinski definition) is 4. The highest BCUT2D eigenvalue weighted by atomic mass is 127. The van der Waals surface area contributed by atoms with E-state index in [0.717, 1.165) is 17.0 Å². The quantitative estimate of drug-likeness (QED) is 0.273. The molecule has 0 fully saturated rings. The second-order valence-corrected chi connectivity index (χ2v) is 7.17. The molecule has 156 valence electrons. The summed E-state index contributed by atoms with van der Waals surface area (Å²) in [4.78, 5) is 4.29. The normalized spacial score (nSPS) is 12.5. The average Bonchev–Trinajstić information content (AvgIpc) is 3.38. The van der Waals surface area contributed by atoms with E-state index < -0.39 is 0 Å². The third kappa shape index (κ3) is 6.46. The first kappa shape index (κ1) is 23.2. The van der Waals surface area contributed by atoms with E-state index in [1.165, 1.54) is 0 Å². The van der Waals surface area contributed by atoms with E-state index in [4.69, 9.17) is 16.1 Å². The zero-order valence-corrected chi connectivity index (χ0v) is 19.8. The lowest BCUT2D eigenvalue weighted by molar-refractivity contribution is 0.371. The van der Waals surface area contributed by atoms with Crippen molar-refractivity contribution in [3.8, 4) is 0 Å². The van der Waals surface area contributed by atoms with Crippen LogP contribution in [0.1, 0.15) is 42.8 Å². The number of aliphatic imine (C=N–C) groups is 1. The van der Waals surface area contributed by atoms with E-state index in [1.54, 1.807) is 13.2 Å². The van der Waals surface area contributed by atoms with Crippen LogP contribution in [-0.2, 0) is 6.54 Å². The minimum absolute atomic E-state index is 0. The van der Waals surface area contributed by atoms with Crippen molar-refractivity contribution in [3.05, 3.63) is 70.8 Å². The Bertz CT molecular complexity index is 892. The molecule has 0 aliphatic rings. The van der Waals surface area contributed by atoms with Crippen LogP contribution < -0.4 is 10.6 Å². The summed E-state index contributed by atoms with van der Waals surface area (Å²) in [7, 11) is 1.74. The fraction of sp³-hybridized carbons (Fsp3) is 0.350. The van der Waals surface area contributed by atoms with Gasteiger partial charge in [-0.05, 0) is 29.7 Å². The van der Waals surface area contributed by atoms with Crippen LogP contribution in [0.15, 0.2) is 58.3 Å². The van der Waals surface area contributed by atoms with E-state index in [0.29, 0.717) is 30.0 Å². The van der Waals surface area contributed by atoms with Crippen LogP contribution in [0.5, 0.6) is 0 Å². The molecule has 0 aliphatic heterocycles. The molecule has 0 aliphatic carbocycles. The number of halogens is 2. The second-order valence-electron chi connectivity index (χ2n) is 6.73. The Morgan fingerprint density at radius 2 is 2.00 bits per heavy atom. The van der Waals surface area contributed by atoms with Crippen molar-refractivity contribution in [1.82, 2.24) is 25.6 Å². The summed E-state index contributed by atoms with van der Waals surface area (Å²) in [6, 6.07) is 11.7. The van der Waals surface area contributed by atoms with Crippen molar-refractivity contribution >= 4 is 41.5 Å². The topological polar surface area (TPSA) is 80.3 Å². The van der Waals surface area contributed by atoms with Crippen LogP contribution in [0.2, 0.25) is 5.02 Å². The lowest BCUT2D eigenvalue weighted by atomic mass is 10.1. The van der Waals surface area contributed by atoms with Crippen molar-refractivity contribution in [3.63, 3.8) is 0 Å². The number of nitrogens with one attached hydrogen (secondary N) is 2. The van der Waals surface area contributed by atoms with E-state index in [2.05, 4.69) is 39.7 Å². The van der Waals surface area contributed by atoms with Crippen LogP contribution in [0.25, 0.3) is 0 Å². The molecule has 2 heterocycles. The maximum atomic E-state index is 6.03. The SMILES string of the molecule is CN=C(NCc1cc(C(C)C)no1)NCC(c1ccc(Cl)cc1)n1cccn1.I. The van der Waals surface area contributed by atoms with Gasteiger partial charge in [0.05, 0.1) is 18.3 Å². The van der Waals surface area contributed by atoms with Gasteiger partial charge in [-0.1, -0.05) is 42.7 Å². The molecule has 3 rings (SSSR count). The Morgan fingerprint density at radius 1 is 1.24 bits per heavy atom. The van der Waals surface area contributed by atoms with Crippen LogP contribution in [0, 0.1) is 0 Å². The molecule has 2 N–H and O–H groups in total. The van der Waals surface area contributed by atoms with Gasteiger partial charge in [-0.15, -0.1) is 24.0 Å². The first-order valence-corrected chi connectivity index (χ1v) is 9.59. The maximum absolute atomic E-state index is 6.03. The van der Waals surface area contributed by atoms with Crippen molar-refractivity contribution in [1.29, 1.82) is 0 Å². The van der Waals surface area contributed by atoms with Gasteiger partial charge in [-0.2, -0.15) is 5.10 Å². The molecule has 0 saturated carbocycles. The zero-order chi connectivity index (χ0) is 19.9. The molecule has 29 heavy (non-hydrogen) atoms. The molecule has 2 aromatic heterocycles. The van der Waals surface area contributed by atoms with Gasteiger partial charge in [0.2, 0.25) is 0 Å². The van der Waals surface area contributed by atoms with Gasteiger partial charge in [-0.3, -0.25) is 9.67 Å². The number of nitrogens with zero attached hydrogens (tertiary/aromatic N) is 4. The summed E-state index contributed by atoms with van der Waals surface area (Å²) < 4.78 is 7.28. The van der Waals surface area contributed by atoms with Crippen molar-refractivity contribution < 1.29 is 4.52 Å². The summed E-state index contributed by atoms with van der Waals surface area (Å²) in [5, 5.41) is 15.8. The van der Waals surface area contributed by atoms with Gasteiger partial charge < -0.3 is 15.2 Å². The van der Waals surface area contributed by atoms with Crippen LogP contribution >= 0.6 is 35.6 Å². The molecule has 1 aromatic carbocycles. The third-order valence-corrected chi connectivity index (χ3v) is 4.64. The maximum Gasteiger partial charge on any atom is 0.191 e. The Morgan fingerprint density at radius 3 is 2.59 bits per heavy atom. The molecule has 7 nitrogen and oxygen atoms in total.